The zero-order valence-electron chi connectivity index (χ0n) is 12.0. The van der Waals surface area contributed by atoms with Crippen molar-refractivity contribution in [3.8, 4) is 0 Å². The smallest absolute Gasteiger partial charge is 0.0541 e. The SMILES string of the molecule is CNCC1CN(C)CCN1c1cc(C)cc(C)c1. The summed E-state index contributed by atoms with van der Waals surface area (Å²) in [7, 11) is 4.25. The molecule has 1 heterocycles. The molecule has 1 fully saturated rings. The van der Waals surface area contributed by atoms with Gasteiger partial charge in [0.05, 0.1) is 6.04 Å². The lowest BCUT2D eigenvalue weighted by atomic mass is 10.1. The lowest BCUT2D eigenvalue weighted by molar-refractivity contribution is 0.265. The number of benzene rings is 1. The van der Waals surface area contributed by atoms with Gasteiger partial charge in [0.15, 0.2) is 0 Å². The predicted octanol–water partition coefficient (Wildman–Crippen LogP) is 1.64. The fourth-order valence-corrected chi connectivity index (χ4v) is 2.88. The zero-order valence-corrected chi connectivity index (χ0v) is 12.0. The van der Waals surface area contributed by atoms with E-state index in [2.05, 4.69) is 54.2 Å². The van der Waals surface area contributed by atoms with Gasteiger partial charge in [-0.25, -0.2) is 0 Å². The van der Waals surface area contributed by atoms with Crippen LogP contribution in [0.3, 0.4) is 0 Å². The maximum atomic E-state index is 3.32. The summed E-state index contributed by atoms with van der Waals surface area (Å²) in [6.45, 7) is 8.80. The van der Waals surface area contributed by atoms with Crippen LogP contribution in [0.5, 0.6) is 0 Å². The molecule has 100 valence electrons. The van der Waals surface area contributed by atoms with E-state index in [0.717, 1.165) is 26.2 Å². The normalized spacial score (nSPS) is 21.3. The molecular weight excluding hydrogens is 222 g/mol. The Kier molecular flexibility index (Phi) is 4.25. The maximum absolute atomic E-state index is 3.32. The fraction of sp³-hybridized carbons (Fsp3) is 0.600. The second kappa shape index (κ2) is 5.72. The van der Waals surface area contributed by atoms with Gasteiger partial charge in [0.1, 0.15) is 0 Å². The van der Waals surface area contributed by atoms with Crippen LogP contribution in [0.1, 0.15) is 11.1 Å². The van der Waals surface area contributed by atoms with Gasteiger partial charge in [0, 0.05) is 31.9 Å². The monoisotopic (exact) mass is 247 g/mol. The second-order valence-corrected chi connectivity index (χ2v) is 5.51. The molecule has 1 aliphatic rings. The highest BCUT2D eigenvalue weighted by atomic mass is 15.3. The van der Waals surface area contributed by atoms with E-state index in [1.54, 1.807) is 0 Å². The number of hydrogen-bond acceptors (Lipinski definition) is 3. The van der Waals surface area contributed by atoms with Crippen molar-refractivity contribution in [1.82, 2.24) is 10.2 Å². The van der Waals surface area contributed by atoms with Crippen molar-refractivity contribution < 1.29 is 0 Å². The Morgan fingerprint density at radius 1 is 1.17 bits per heavy atom. The minimum Gasteiger partial charge on any atom is -0.365 e. The van der Waals surface area contributed by atoms with E-state index in [1.165, 1.54) is 16.8 Å². The minimum absolute atomic E-state index is 0.565. The molecule has 2 rings (SSSR count). The summed E-state index contributed by atoms with van der Waals surface area (Å²) in [5, 5.41) is 3.32. The zero-order chi connectivity index (χ0) is 13.1. The quantitative estimate of drug-likeness (QED) is 0.876. The van der Waals surface area contributed by atoms with Gasteiger partial charge in [0.25, 0.3) is 0 Å². The molecule has 1 aliphatic heterocycles. The highest BCUT2D eigenvalue weighted by Gasteiger charge is 2.24. The molecule has 1 aromatic carbocycles. The second-order valence-electron chi connectivity index (χ2n) is 5.51. The molecule has 0 spiro atoms. The first-order valence-corrected chi connectivity index (χ1v) is 6.78. The fourth-order valence-electron chi connectivity index (χ4n) is 2.88. The molecule has 3 heteroatoms. The number of rotatable bonds is 3. The molecule has 0 aromatic heterocycles. The van der Waals surface area contributed by atoms with E-state index in [9.17, 15) is 0 Å². The van der Waals surface area contributed by atoms with Crippen LogP contribution < -0.4 is 10.2 Å². The molecule has 1 atom stereocenters. The highest BCUT2D eigenvalue weighted by molar-refractivity contribution is 5.52. The summed E-state index contributed by atoms with van der Waals surface area (Å²) in [5.74, 6) is 0. The van der Waals surface area contributed by atoms with Crippen molar-refractivity contribution in [2.45, 2.75) is 19.9 Å². The van der Waals surface area contributed by atoms with E-state index in [-0.39, 0.29) is 0 Å². The summed E-state index contributed by atoms with van der Waals surface area (Å²) in [6.07, 6.45) is 0. The van der Waals surface area contributed by atoms with Gasteiger partial charge in [-0.2, -0.15) is 0 Å². The Bertz CT molecular complexity index is 382. The minimum atomic E-state index is 0.565. The first-order chi connectivity index (χ1) is 8.60. The van der Waals surface area contributed by atoms with Gasteiger partial charge in [-0.3, -0.25) is 0 Å². The van der Waals surface area contributed by atoms with Crippen molar-refractivity contribution in [3.63, 3.8) is 0 Å². The molecule has 1 unspecified atom stereocenters. The van der Waals surface area contributed by atoms with E-state index in [4.69, 9.17) is 0 Å². The predicted molar refractivity (Wildman–Crippen MR) is 78.5 cm³/mol. The van der Waals surface area contributed by atoms with Crippen LogP contribution in [0.2, 0.25) is 0 Å². The van der Waals surface area contributed by atoms with Gasteiger partial charge >= 0.3 is 0 Å². The molecule has 0 radical (unpaired) electrons. The lowest BCUT2D eigenvalue weighted by Gasteiger charge is -2.41. The van der Waals surface area contributed by atoms with Crippen molar-refractivity contribution in [2.75, 3.05) is 45.2 Å². The average molecular weight is 247 g/mol. The molecule has 1 aromatic rings. The third-order valence-corrected chi connectivity index (χ3v) is 3.66. The molecule has 0 aliphatic carbocycles. The maximum Gasteiger partial charge on any atom is 0.0541 e. The number of hydrogen-bond donors (Lipinski definition) is 1. The van der Waals surface area contributed by atoms with Gasteiger partial charge in [-0.15, -0.1) is 0 Å². The topological polar surface area (TPSA) is 18.5 Å². The van der Waals surface area contributed by atoms with E-state index in [1.807, 2.05) is 7.05 Å². The lowest BCUT2D eigenvalue weighted by Crippen LogP contribution is -2.55. The van der Waals surface area contributed by atoms with Gasteiger partial charge in [-0.1, -0.05) is 6.07 Å². The molecule has 0 bridgehead atoms. The molecule has 0 amide bonds. The largest absolute Gasteiger partial charge is 0.365 e. The molecular formula is C15H25N3. The van der Waals surface area contributed by atoms with Crippen LogP contribution in [0, 0.1) is 13.8 Å². The number of likely N-dealkylation sites (N-methyl/N-ethyl adjacent to an activating group) is 2. The Hall–Kier alpha value is -1.06. The number of nitrogens with zero attached hydrogens (tertiary/aromatic N) is 2. The van der Waals surface area contributed by atoms with Gasteiger partial charge < -0.3 is 15.1 Å². The Morgan fingerprint density at radius 2 is 1.83 bits per heavy atom. The van der Waals surface area contributed by atoms with Crippen molar-refractivity contribution in [2.24, 2.45) is 0 Å². The third kappa shape index (κ3) is 3.03. The summed E-state index contributed by atoms with van der Waals surface area (Å²) >= 11 is 0. The molecule has 18 heavy (non-hydrogen) atoms. The third-order valence-electron chi connectivity index (χ3n) is 3.66. The molecule has 1 N–H and O–H groups in total. The Morgan fingerprint density at radius 3 is 2.44 bits per heavy atom. The summed E-state index contributed by atoms with van der Waals surface area (Å²) in [5.41, 5.74) is 4.08. The summed E-state index contributed by atoms with van der Waals surface area (Å²) < 4.78 is 0. The standard InChI is InChI=1S/C15H25N3/c1-12-7-13(2)9-14(8-12)18-6-5-17(4)11-15(18)10-16-3/h7-9,15-16H,5-6,10-11H2,1-4H3. The van der Waals surface area contributed by atoms with Crippen LogP contribution >= 0.6 is 0 Å². The first-order valence-electron chi connectivity index (χ1n) is 6.78. The van der Waals surface area contributed by atoms with Crippen molar-refractivity contribution in [1.29, 1.82) is 0 Å². The van der Waals surface area contributed by atoms with Crippen molar-refractivity contribution in [3.05, 3.63) is 29.3 Å². The first kappa shape index (κ1) is 13.4. The van der Waals surface area contributed by atoms with Crippen molar-refractivity contribution >= 4 is 5.69 Å². The van der Waals surface area contributed by atoms with Gasteiger partial charge in [0.2, 0.25) is 0 Å². The van der Waals surface area contributed by atoms with Crippen LogP contribution in [-0.2, 0) is 0 Å². The van der Waals surface area contributed by atoms with Crippen LogP contribution in [0.15, 0.2) is 18.2 Å². The number of piperazine rings is 1. The highest BCUT2D eigenvalue weighted by Crippen LogP contribution is 2.23. The Labute approximate surface area is 111 Å². The van der Waals surface area contributed by atoms with E-state index < -0.39 is 0 Å². The average Bonchev–Trinajstić information content (AvgIpc) is 2.28. The summed E-state index contributed by atoms with van der Waals surface area (Å²) in [4.78, 5) is 4.97. The molecule has 3 nitrogen and oxygen atoms in total. The van der Waals surface area contributed by atoms with E-state index in [0.29, 0.717) is 6.04 Å². The summed E-state index contributed by atoms with van der Waals surface area (Å²) in [6, 6.07) is 7.42. The van der Waals surface area contributed by atoms with Gasteiger partial charge in [-0.05, 0) is 51.2 Å². The number of nitrogens with one attached hydrogen (secondary N) is 1. The number of aryl methyl sites for hydroxylation is 2. The molecule has 1 saturated heterocycles. The van der Waals surface area contributed by atoms with Crippen LogP contribution in [0.25, 0.3) is 0 Å². The molecule has 0 saturated carbocycles. The Balaban J connectivity index is 2.23. The van der Waals surface area contributed by atoms with Crippen LogP contribution in [-0.4, -0.2) is 51.2 Å². The number of anilines is 1. The van der Waals surface area contributed by atoms with Crippen LogP contribution in [0.4, 0.5) is 5.69 Å². The van der Waals surface area contributed by atoms with E-state index >= 15 is 0 Å².